The highest BCUT2D eigenvalue weighted by molar-refractivity contribution is 9.10. The van der Waals surface area contributed by atoms with Gasteiger partial charge in [0.15, 0.2) is 11.5 Å². The number of aromatic nitrogens is 1. The summed E-state index contributed by atoms with van der Waals surface area (Å²) >= 11 is 5.05. The van der Waals surface area contributed by atoms with Crippen LogP contribution >= 0.6 is 27.3 Å². The van der Waals surface area contributed by atoms with Gasteiger partial charge in [-0.25, -0.2) is 4.98 Å². The summed E-state index contributed by atoms with van der Waals surface area (Å²) in [7, 11) is 3.15. The Balaban J connectivity index is 1.56. The Morgan fingerprint density at radius 2 is 2.00 bits per heavy atom. The zero-order valence-corrected chi connectivity index (χ0v) is 18.5. The number of thiazole rings is 1. The van der Waals surface area contributed by atoms with Gasteiger partial charge in [-0.1, -0.05) is 30.3 Å². The first kappa shape index (κ1) is 21.1. The minimum atomic E-state index is -0.187. The maximum atomic E-state index is 12.2. The maximum absolute atomic E-state index is 12.2. The molecule has 5 nitrogen and oxygen atoms in total. The zero-order valence-electron chi connectivity index (χ0n) is 16.1. The second-order valence-electron chi connectivity index (χ2n) is 6.18. The van der Waals surface area contributed by atoms with E-state index >= 15 is 0 Å². The molecule has 1 heterocycles. The molecule has 0 unspecified atom stereocenters. The molecular weight excluding hydrogens is 452 g/mol. The molecule has 0 aliphatic heterocycles. The Morgan fingerprint density at radius 3 is 2.72 bits per heavy atom. The fraction of sp³-hybridized carbons (Fsp3) is 0.182. The summed E-state index contributed by atoms with van der Waals surface area (Å²) in [5.74, 6) is 1.02. The first-order valence-electron chi connectivity index (χ1n) is 8.93. The number of carbonyl (C=O) groups is 1. The van der Waals surface area contributed by atoms with Crippen molar-refractivity contribution in [2.45, 2.75) is 13.0 Å². The van der Waals surface area contributed by atoms with Gasteiger partial charge in [-0.05, 0) is 45.3 Å². The lowest BCUT2D eigenvalue weighted by molar-refractivity contribution is -0.116. The summed E-state index contributed by atoms with van der Waals surface area (Å²) in [6.45, 7) is 0.393. The van der Waals surface area contributed by atoms with Gasteiger partial charge in [0.05, 0.1) is 35.9 Å². The molecule has 1 amide bonds. The van der Waals surface area contributed by atoms with Gasteiger partial charge in [0.25, 0.3) is 0 Å². The van der Waals surface area contributed by atoms with Gasteiger partial charge in [0.2, 0.25) is 5.91 Å². The van der Waals surface area contributed by atoms with Crippen LogP contribution in [0.5, 0.6) is 11.5 Å². The molecule has 3 aromatic rings. The highest BCUT2D eigenvalue weighted by Gasteiger charge is 2.09. The van der Waals surface area contributed by atoms with Crippen LogP contribution in [-0.4, -0.2) is 25.1 Å². The quantitative estimate of drug-likeness (QED) is 0.476. The van der Waals surface area contributed by atoms with E-state index in [2.05, 4.69) is 38.4 Å². The SMILES string of the molecule is COc1cc(/C=C/C(=O)NCc2csc(Cc3ccccc3)n2)cc(Br)c1OC. The molecule has 0 spiro atoms. The average Bonchev–Trinajstić information content (AvgIpc) is 3.18. The zero-order chi connectivity index (χ0) is 20.6. The first-order chi connectivity index (χ1) is 14.1. The average molecular weight is 473 g/mol. The Labute approximate surface area is 182 Å². The molecule has 1 aromatic heterocycles. The van der Waals surface area contributed by atoms with Crippen molar-refractivity contribution in [1.29, 1.82) is 0 Å². The van der Waals surface area contributed by atoms with Gasteiger partial charge in [0.1, 0.15) is 0 Å². The Hall–Kier alpha value is -2.64. The van der Waals surface area contributed by atoms with Crippen molar-refractivity contribution in [2.24, 2.45) is 0 Å². The van der Waals surface area contributed by atoms with Crippen LogP contribution in [0.4, 0.5) is 0 Å². The number of carbonyl (C=O) groups excluding carboxylic acids is 1. The molecule has 29 heavy (non-hydrogen) atoms. The number of benzene rings is 2. The number of methoxy groups -OCH3 is 2. The standard InChI is InChI=1S/C22H21BrN2O3S/c1-27-19-11-16(10-18(23)22(19)28-2)8-9-20(26)24-13-17-14-29-21(25-17)12-15-6-4-3-5-7-15/h3-11,14H,12-13H2,1-2H3,(H,24,26)/b9-8+. The molecule has 0 aliphatic carbocycles. The molecule has 0 radical (unpaired) electrons. The Morgan fingerprint density at radius 1 is 1.21 bits per heavy atom. The van der Waals surface area contributed by atoms with E-state index in [4.69, 9.17) is 9.47 Å². The fourth-order valence-corrected chi connectivity index (χ4v) is 4.17. The number of nitrogens with zero attached hydrogens (tertiary/aromatic N) is 1. The summed E-state index contributed by atoms with van der Waals surface area (Å²) in [5, 5.41) is 5.88. The maximum Gasteiger partial charge on any atom is 0.244 e. The van der Waals surface area contributed by atoms with Gasteiger partial charge in [-0.2, -0.15) is 0 Å². The van der Waals surface area contributed by atoms with Crippen molar-refractivity contribution in [3.05, 3.63) is 80.2 Å². The third-order valence-electron chi connectivity index (χ3n) is 4.12. The predicted octanol–water partition coefficient (Wildman–Crippen LogP) is 4.84. The van der Waals surface area contributed by atoms with E-state index in [1.807, 2.05) is 35.7 Å². The van der Waals surface area contributed by atoms with E-state index in [0.717, 1.165) is 27.2 Å². The Kier molecular flexibility index (Phi) is 7.43. The summed E-state index contributed by atoms with van der Waals surface area (Å²) in [6, 6.07) is 13.9. The molecular formula is C22H21BrN2O3S. The van der Waals surface area contributed by atoms with Crippen LogP contribution in [0.2, 0.25) is 0 Å². The van der Waals surface area contributed by atoms with Gasteiger partial charge in [0, 0.05) is 17.9 Å². The van der Waals surface area contributed by atoms with Crippen molar-refractivity contribution in [1.82, 2.24) is 10.3 Å². The third-order valence-corrected chi connectivity index (χ3v) is 5.61. The highest BCUT2D eigenvalue weighted by atomic mass is 79.9. The van der Waals surface area contributed by atoms with Gasteiger partial charge in [-0.3, -0.25) is 4.79 Å². The Bertz CT molecular complexity index is 1000. The van der Waals surface area contributed by atoms with E-state index in [0.29, 0.717) is 18.0 Å². The van der Waals surface area contributed by atoms with Crippen molar-refractivity contribution in [3.8, 4) is 11.5 Å². The number of amides is 1. The molecule has 0 atom stereocenters. The molecule has 0 saturated heterocycles. The van der Waals surface area contributed by atoms with Crippen molar-refractivity contribution in [3.63, 3.8) is 0 Å². The number of hydrogen-bond donors (Lipinski definition) is 1. The smallest absolute Gasteiger partial charge is 0.244 e. The van der Waals surface area contributed by atoms with E-state index in [1.54, 1.807) is 31.6 Å². The van der Waals surface area contributed by atoms with Gasteiger partial charge >= 0.3 is 0 Å². The van der Waals surface area contributed by atoms with Crippen LogP contribution < -0.4 is 14.8 Å². The van der Waals surface area contributed by atoms with E-state index in [-0.39, 0.29) is 5.91 Å². The lowest BCUT2D eigenvalue weighted by Gasteiger charge is -2.10. The normalized spacial score (nSPS) is 10.9. The third kappa shape index (κ3) is 5.92. The van der Waals surface area contributed by atoms with Crippen molar-refractivity contribution >= 4 is 39.2 Å². The van der Waals surface area contributed by atoms with Crippen LogP contribution in [0.3, 0.4) is 0 Å². The number of hydrogen-bond acceptors (Lipinski definition) is 5. The van der Waals surface area contributed by atoms with Crippen LogP contribution in [0.1, 0.15) is 21.8 Å². The van der Waals surface area contributed by atoms with Gasteiger partial charge in [-0.15, -0.1) is 11.3 Å². The summed E-state index contributed by atoms with van der Waals surface area (Å²) in [6.07, 6.45) is 4.02. The molecule has 0 aliphatic rings. The van der Waals surface area contributed by atoms with Crippen LogP contribution in [-0.2, 0) is 17.8 Å². The number of ether oxygens (including phenoxy) is 2. The second-order valence-corrected chi connectivity index (χ2v) is 7.98. The number of halogens is 1. The largest absolute Gasteiger partial charge is 0.493 e. The summed E-state index contributed by atoms with van der Waals surface area (Å²) in [4.78, 5) is 16.8. The molecule has 1 N–H and O–H groups in total. The number of rotatable bonds is 8. The second kappa shape index (κ2) is 10.2. The molecule has 7 heteroatoms. The predicted molar refractivity (Wildman–Crippen MR) is 119 cm³/mol. The molecule has 0 bridgehead atoms. The molecule has 0 saturated carbocycles. The minimum Gasteiger partial charge on any atom is -0.493 e. The van der Waals surface area contributed by atoms with Crippen molar-refractivity contribution < 1.29 is 14.3 Å². The molecule has 0 fully saturated rings. The lowest BCUT2D eigenvalue weighted by Crippen LogP contribution is -2.20. The topological polar surface area (TPSA) is 60.5 Å². The van der Waals surface area contributed by atoms with E-state index < -0.39 is 0 Å². The molecule has 150 valence electrons. The van der Waals surface area contributed by atoms with Crippen molar-refractivity contribution in [2.75, 3.05) is 14.2 Å². The van der Waals surface area contributed by atoms with Crippen LogP contribution in [0, 0.1) is 0 Å². The number of nitrogens with one attached hydrogen (secondary N) is 1. The monoisotopic (exact) mass is 472 g/mol. The fourth-order valence-electron chi connectivity index (χ4n) is 2.72. The first-order valence-corrected chi connectivity index (χ1v) is 10.6. The van der Waals surface area contributed by atoms with Crippen LogP contribution in [0.25, 0.3) is 6.08 Å². The lowest BCUT2D eigenvalue weighted by atomic mass is 10.2. The molecule has 2 aromatic carbocycles. The molecule has 3 rings (SSSR count). The highest BCUT2D eigenvalue weighted by Crippen LogP contribution is 2.36. The summed E-state index contributed by atoms with van der Waals surface area (Å²) in [5.41, 5.74) is 2.90. The summed E-state index contributed by atoms with van der Waals surface area (Å²) < 4.78 is 11.4. The van der Waals surface area contributed by atoms with Gasteiger partial charge < -0.3 is 14.8 Å². The van der Waals surface area contributed by atoms with Crippen LogP contribution in [0.15, 0.2) is 58.4 Å². The van der Waals surface area contributed by atoms with E-state index in [1.165, 1.54) is 11.6 Å². The van der Waals surface area contributed by atoms with E-state index in [9.17, 15) is 4.79 Å². The minimum absolute atomic E-state index is 0.187.